The van der Waals surface area contributed by atoms with Gasteiger partial charge in [0.1, 0.15) is 12.0 Å². The summed E-state index contributed by atoms with van der Waals surface area (Å²) in [6, 6.07) is 7.80. The molecule has 0 fully saturated rings. The van der Waals surface area contributed by atoms with E-state index in [0.29, 0.717) is 6.01 Å². The molecule has 0 amide bonds. The van der Waals surface area contributed by atoms with Crippen molar-refractivity contribution in [1.82, 2.24) is 4.98 Å². The molecule has 0 spiro atoms. The van der Waals surface area contributed by atoms with Crippen LogP contribution in [0.5, 0.6) is 5.75 Å². The first-order valence-corrected chi connectivity index (χ1v) is 5.31. The highest BCUT2D eigenvalue weighted by atomic mass is 16.5. The van der Waals surface area contributed by atoms with Gasteiger partial charge in [0.05, 0.1) is 12.8 Å². The number of hydrogen-bond acceptors (Lipinski definition) is 5. The molecule has 2 aromatic rings. The third kappa shape index (κ3) is 2.76. The van der Waals surface area contributed by atoms with Crippen LogP contribution in [0.2, 0.25) is 0 Å². The smallest absolute Gasteiger partial charge is 0.299 e. The Morgan fingerprint density at radius 2 is 2.29 bits per heavy atom. The quantitative estimate of drug-likeness (QED) is 0.848. The Labute approximate surface area is 99.6 Å². The van der Waals surface area contributed by atoms with Gasteiger partial charge in [-0.1, -0.05) is 6.07 Å². The fourth-order valence-electron chi connectivity index (χ4n) is 1.38. The summed E-state index contributed by atoms with van der Waals surface area (Å²) >= 11 is 0. The number of anilines is 2. The molecular formula is C12H15N3O2. The first kappa shape index (κ1) is 11.5. The Morgan fingerprint density at radius 3 is 2.94 bits per heavy atom. The van der Waals surface area contributed by atoms with Crippen molar-refractivity contribution in [3.8, 4) is 5.75 Å². The topological polar surface area (TPSA) is 73.3 Å². The molecule has 1 aromatic heterocycles. The molecule has 1 atom stereocenters. The number of nitrogens with two attached hydrogens (primary N) is 1. The Balaban J connectivity index is 2.13. The molecule has 3 N–H and O–H groups in total. The van der Waals surface area contributed by atoms with Crippen LogP contribution in [-0.4, -0.2) is 12.1 Å². The Kier molecular flexibility index (Phi) is 3.30. The second-order valence-electron chi connectivity index (χ2n) is 3.72. The van der Waals surface area contributed by atoms with Crippen LogP contribution >= 0.6 is 0 Å². The van der Waals surface area contributed by atoms with Crippen molar-refractivity contribution in [2.45, 2.75) is 13.0 Å². The molecule has 5 heteroatoms. The minimum atomic E-state index is -0.139. The van der Waals surface area contributed by atoms with E-state index in [1.54, 1.807) is 13.4 Å². The largest absolute Gasteiger partial charge is 0.497 e. The maximum atomic E-state index is 5.70. The number of ether oxygens (including phenoxy) is 1. The first-order chi connectivity index (χ1) is 8.19. The van der Waals surface area contributed by atoms with Gasteiger partial charge in [-0.3, -0.25) is 0 Å². The highest BCUT2D eigenvalue weighted by molar-refractivity contribution is 5.54. The summed E-state index contributed by atoms with van der Waals surface area (Å²) in [7, 11) is 1.62. The van der Waals surface area contributed by atoms with E-state index in [1.165, 1.54) is 0 Å². The van der Waals surface area contributed by atoms with Gasteiger partial charge in [0.2, 0.25) is 0 Å². The van der Waals surface area contributed by atoms with Crippen LogP contribution in [0.1, 0.15) is 18.7 Å². The van der Waals surface area contributed by atoms with Crippen molar-refractivity contribution >= 4 is 11.7 Å². The van der Waals surface area contributed by atoms with Gasteiger partial charge in [-0.05, 0) is 19.1 Å². The van der Waals surface area contributed by atoms with Crippen molar-refractivity contribution in [1.29, 1.82) is 0 Å². The molecule has 5 nitrogen and oxygen atoms in total. The summed E-state index contributed by atoms with van der Waals surface area (Å²) in [6.07, 6.45) is 1.55. The highest BCUT2D eigenvalue weighted by Crippen LogP contribution is 2.21. The number of benzene rings is 1. The van der Waals surface area contributed by atoms with E-state index in [2.05, 4.69) is 10.3 Å². The Morgan fingerprint density at radius 1 is 1.47 bits per heavy atom. The van der Waals surface area contributed by atoms with Crippen LogP contribution in [-0.2, 0) is 0 Å². The molecule has 0 aliphatic carbocycles. The van der Waals surface area contributed by atoms with Gasteiger partial charge in [0.15, 0.2) is 0 Å². The van der Waals surface area contributed by atoms with Crippen molar-refractivity contribution < 1.29 is 9.15 Å². The van der Waals surface area contributed by atoms with Crippen LogP contribution in [0, 0.1) is 0 Å². The lowest BCUT2D eigenvalue weighted by atomic mass is 10.3. The van der Waals surface area contributed by atoms with Crippen molar-refractivity contribution in [2.75, 3.05) is 12.4 Å². The number of hydrogen-bond donors (Lipinski definition) is 2. The summed E-state index contributed by atoms with van der Waals surface area (Å²) in [5.41, 5.74) is 7.26. The summed E-state index contributed by atoms with van der Waals surface area (Å²) in [6.45, 7) is 1.85. The summed E-state index contributed by atoms with van der Waals surface area (Å²) < 4.78 is 10.4. The van der Waals surface area contributed by atoms with Crippen molar-refractivity contribution in [3.63, 3.8) is 0 Å². The third-order valence-electron chi connectivity index (χ3n) is 2.31. The third-order valence-corrected chi connectivity index (χ3v) is 2.31. The number of methoxy groups -OCH3 is 1. The van der Waals surface area contributed by atoms with Gasteiger partial charge in [0, 0.05) is 17.8 Å². The lowest BCUT2D eigenvalue weighted by Crippen LogP contribution is -2.05. The maximum absolute atomic E-state index is 5.70. The summed E-state index contributed by atoms with van der Waals surface area (Å²) in [5, 5.41) is 3.04. The second-order valence-corrected chi connectivity index (χ2v) is 3.72. The number of nitrogens with one attached hydrogen (secondary N) is 1. The van der Waals surface area contributed by atoms with Gasteiger partial charge in [-0.15, -0.1) is 0 Å². The minimum absolute atomic E-state index is 0.139. The molecule has 1 aromatic carbocycles. The maximum Gasteiger partial charge on any atom is 0.299 e. The molecule has 2 rings (SSSR count). The molecule has 0 saturated heterocycles. The van der Waals surface area contributed by atoms with E-state index in [0.717, 1.165) is 17.1 Å². The van der Waals surface area contributed by atoms with Gasteiger partial charge in [-0.25, -0.2) is 0 Å². The minimum Gasteiger partial charge on any atom is -0.497 e. The van der Waals surface area contributed by atoms with E-state index >= 15 is 0 Å². The van der Waals surface area contributed by atoms with Gasteiger partial charge in [-0.2, -0.15) is 4.98 Å². The lowest BCUT2D eigenvalue weighted by molar-refractivity contribution is 0.415. The predicted octanol–water partition coefficient (Wildman–Crippen LogP) is 2.45. The molecule has 17 heavy (non-hydrogen) atoms. The molecule has 1 unspecified atom stereocenters. The monoisotopic (exact) mass is 233 g/mol. The molecule has 0 bridgehead atoms. The predicted molar refractivity (Wildman–Crippen MR) is 65.4 cm³/mol. The van der Waals surface area contributed by atoms with Gasteiger partial charge in [0.25, 0.3) is 6.01 Å². The van der Waals surface area contributed by atoms with E-state index in [4.69, 9.17) is 14.9 Å². The summed E-state index contributed by atoms with van der Waals surface area (Å²) in [5.74, 6) is 0.772. The molecule has 90 valence electrons. The number of oxazole rings is 1. The molecular weight excluding hydrogens is 218 g/mol. The lowest BCUT2D eigenvalue weighted by Gasteiger charge is -2.04. The molecule has 0 aliphatic rings. The van der Waals surface area contributed by atoms with Gasteiger partial charge >= 0.3 is 0 Å². The van der Waals surface area contributed by atoms with E-state index in [9.17, 15) is 0 Å². The first-order valence-electron chi connectivity index (χ1n) is 5.31. The fourth-order valence-corrected chi connectivity index (χ4v) is 1.38. The standard InChI is InChI=1S/C12H15N3O2/c1-8(13)11-7-17-12(15-11)14-9-4-3-5-10(6-9)16-2/h3-8H,13H2,1-2H3,(H,14,15). The number of rotatable bonds is 4. The van der Waals surface area contributed by atoms with Gasteiger partial charge < -0.3 is 20.2 Å². The average molecular weight is 233 g/mol. The highest BCUT2D eigenvalue weighted by Gasteiger charge is 2.07. The Hall–Kier alpha value is -2.01. The van der Waals surface area contributed by atoms with Crippen LogP contribution in [0.25, 0.3) is 0 Å². The molecule has 0 aliphatic heterocycles. The average Bonchev–Trinajstić information content (AvgIpc) is 2.78. The molecule has 0 saturated carbocycles. The van der Waals surface area contributed by atoms with Crippen LogP contribution in [0.4, 0.5) is 11.7 Å². The second kappa shape index (κ2) is 4.88. The van der Waals surface area contributed by atoms with E-state index in [1.807, 2.05) is 31.2 Å². The number of nitrogens with zero attached hydrogens (tertiary/aromatic N) is 1. The van der Waals surface area contributed by atoms with Crippen LogP contribution < -0.4 is 15.8 Å². The number of aromatic nitrogens is 1. The molecule has 0 radical (unpaired) electrons. The zero-order valence-corrected chi connectivity index (χ0v) is 9.81. The molecule has 1 heterocycles. The van der Waals surface area contributed by atoms with Crippen molar-refractivity contribution in [3.05, 3.63) is 36.2 Å². The van der Waals surface area contributed by atoms with Crippen molar-refractivity contribution in [2.24, 2.45) is 5.73 Å². The van der Waals surface area contributed by atoms with Crippen LogP contribution in [0.3, 0.4) is 0 Å². The van der Waals surface area contributed by atoms with E-state index < -0.39 is 0 Å². The van der Waals surface area contributed by atoms with E-state index in [-0.39, 0.29) is 6.04 Å². The summed E-state index contributed by atoms with van der Waals surface area (Å²) in [4.78, 5) is 4.22. The zero-order valence-electron chi connectivity index (χ0n) is 9.81. The van der Waals surface area contributed by atoms with Crippen LogP contribution in [0.15, 0.2) is 34.9 Å². The SMILES string of the molecule is COc1cccc(Nc2nc(C(C)N)co2)c1. The fraction of sp³-hybridized carbons (Fsp3) is 0.250. The normalized spacial score (nSPS) is 12.2. The zero-order chi connectivity index (χ0) is 12.3. The Bertz CT molecular complexity index is 494.